The van der Waals surface area contributed by atoms with Crippen molar-refractivity contribution in [3.8, 4) is 23.0 Å². The van der Waals surface area contributed by atoms with Crippen LogP contribution < -0.4 is 29.6 Å². The summed E-state index contributed by atoms with van der Waals surface area (Å²) in [6.45, 7) is 1.26. The summed E-state index contributed by atoms with van der Waals surface area (Å²) in [5.41, 5.74) is 0.746. The molecule has 0 fully saturated rings. The molecule has 2 aliphatic heterocycles. The number of aliphatic carboxylic acids is 1. The highest BCUT2D eigenvalue weighted by atomic mass is 32.1. The molecule has 5 amide bonds. The van der Waals surface area contributed by atoms with Crippen LogP contribution in [0.1, 0.15) is 66.2 Å². The van der Waals surface area contributed by atoms with E-state index in [1.54, 1.807) is 13.0 Å². The number of ketones is 1. The molecule has 2 aliphatic rings. The number of methoxy groups -OCH3 is 2. The number of amides is 5. The lowest BCUT2D eigenvalue weighted by Crippen LogP contribution is -2.41. The SMILES string of the molecule is COc1cc2c(c(F)c1OCCCOc1c(OC)cc3sc(C(=O)CCC(=O)O[C@@H](C)CNC(=O)CCOCCNC(=O)CN4C(=O)C=CC4=O)cc3c1F)CN(C(=O)CCC(=O)O)C2. The topological polar surface area (TPSA) is 243 Å². The van der Waals surface area contributed by atoms with Gasteiger partial charge in [0.2, 0.25) is 17.7 Å². The number of carbonyl (C=O) groups excluding carboxylic acids is 7. The number of carbonyl (C=O) groups is 8. The number of carboxylic acids is 1. The van der Waals surface area contributed by atoms with Crippen LogP contribution in [0.2, 0.25) is 0 Å². The third kappa shape index (κ3) is 13.4. The van der Waals surface area contributed by atoms with Crippen molar-refractivity contribution in [3.05, 3.63) is 58.0 Å². The Bertz CT molecular complexity index is 2330. The number of rotatable bonds is 26. The molecule has 0 aliphatic carbocycles. The molecule has 1 aromatic heterocycles. The van der Waals surface area contributed by atoms with Crippen molar-refractivity contribution >= 4 is 68.7 Å². The average Bonchev–Trinajstić information content (AvgIpc) is 4.00. The van der Waals surface area contributed by atoms with Crippen LogP contribution in [0, 0.1) is 11.6 Å². The zero-order valence-electron chi connectivity index (χ0n) is 35.8. The van der Waals surface area contributed by atoms with E-state index in [0.717, 1.165) is 28.4 Å². The van der Waals surface area contributed by atoms with Crippen LogP contribution in [0.25, 0.3) is 10.1 Å². The van der Waals surface area contributed by atoms with Crippen LogP contribution in [0.4, 0.5) is 8.78 Å². The van der Waals surface area contributed by atoms with Crippen LogP contribution in [0.3, 0.4) is 0 Å². The van der Waals surface area contributed by atoms with E-state index in [-0.39, 0.29) is 136 Å². The van der Waals surface area contributed by atoms with Gasteiger partial charge in [0.05, 0.1) is 64.9 Å². The van der Waals surface area contributed by atoms with E-state index in [9.17, 15) is 38.4 Å². The molecule has 5 rings (SSSR count). The number of esters is 1. The van der Waals surface area contributed by atoms with Crippen LogP contribution >= 0.6 is 11.3 Å². The van der Waals surface area contributed by atoms with Gasteiger partial charge >= 0.3 is 11.9 Å². The number of ether oxygens (including phenoxy) is 6. The number of hydrogen-bond donors (Lipinski definition) is 3. The van der Waals surface area contributed by atoms with Gasteiger partial charge in [-0.2, -0.15) is 0 Å². The fourth-order valence-electron chi connectivity index (χ4n) is 6.55. The number of nitrogens with one attached hydrogen (secondary N) is 2. The lowest BCUT2D eigenvalue weighted by molar-refractivity contribution is -0.148. The van der Waals surface area contributed by atoms with Crippen molar-refractivity contribution in [1.29, 1.82) is 0 Å². The van der Waals surface area contributed by atoms with E-state index in [1.165, 1.54) is 31.3 Å². The maximum atomic E-state index is 15.8. The molecule has 0 unspecified atom stereocenters. The van der Waals surface area contributed by atoms with Crippen molar-refractivity contribution in [2.45, 2.75) is 64.6 Å². The molecule has 0 radical (unpaired) electrons. The predicted octanol–water partition coefficient (Wildman–Crippen LogP) is 3.21. The van der Waals surface area contributed by atoms with E-state index in [4.69, 9.17) is 33.5 Å². The van der Waals surface area contributed by atoms with Gasteiger partial charge in [0.1, 0.15) is 12.6 Å². The Hall–Kier alpha value is -6.68. The number of Topliss-reactive ketones (excluding diaryl/α,β-unsaturated/α-hetero) is 1. The smallest absolute Gasteiger partial charge is 0.306 e. The van der Waals surface area contributed by atoms with Crippen molar-refractivity contribution in [2.75, 3.05) is 60.3 Å². The molecule has 0 bridgehead atoms. The molecule has 350 valence electrons. The molecule has 0 saturated carbocycles. The normalized spacial score (nSPS) is 13.4. The van der Waals surface area contributed by atoms with Gasteiger partial charge in [-0.15, -0.1) is 11.3 Å². The van der Waals surface area contributed by atoms with Gasteiger partial charge in [-0.25, -0.2) is 8.78 Å². The molecule has 3 N–H and O–H groups in total. The molecule has 2 aromatic carbocycles. The van der Waals surface area contributed by atoms with Crippen LogP contribution in [-0.2, 0) is 56.1 Å². The highest BCUT2D eigenvalue weighted by Gasteiger charge is 2.31. The highest BCUT2D eigenvalue weighted by Crippen LogP contribution is 2.41. The number of carboxylic acid groups (broad SMARTS) is 1. The van der Waals surface area contributed by atoms with Crippen LogP contribution in [-0.4, -0.2) is 129 Å². The number of hydrogen-bond acceptors (Lipinski definition) is 15. The molecule has 65 heavy (non-hydrogen) atoms. The minimum Gasteiger partial charge on any atom is -0.493 e. The second kappa shape index (κ2) is 23.3. The summed E-state index contributed by atoms with van der Waals surface area (Å²) >= 11 is 1.01. The summed E-state index contributed by atoms with van der Waals surface area (Å²) in [6.07, 6.45) is 0.540. The first-order valence-corrected chi connectivity index (χ1v) is 21.2. The number of imide groups is 1. The second-order valence-electron chi connectivity index (χ2n) is 14.6. The largest absolute Gasteiger partial charge is 0.493 e. The number of fused-ring (bicyclic) bond motifs is 2. The zero-order chi connectivity index (χ0) is 47.2. The summed E-state index contributed by atoms with van der Waals surface area (Å²) in [5, 5.41) is 14.1. The maximum absolute atomic E-state index is 15.8. The molecular weight excluding hydrogens is 883 g/mol. The van der Waals surface area contributed by atoms with E-state index < -0.39 is 65.6 Å². The highest BCUT2D eigenvalue weighted by molar-refractivity contribution is 7.20. The molecule has 19 nitrogen and oxygen atoms in total. The van der Waals surface area contributed by atoms with E-state index in [0.29, 0.717) is 10.3 Å². The Balaban J connectivity index is 1.01. The number of thiophene rings is 1. The first-order chi connectivity index (χ1) is 31.1. The Labute approximate surface area is 374 Å². The summed E-state index contributed by atoms with van der Waals surface area (Å²) in [4.78, 5) is 98.4. The summed E-state index contributed by atoms with van der Waals surface area (Å²) in [5.74, 6) is -6.41. The van der Waals surface area contributed by atoms with Crippen LogP contribution in [0.5, 0.6) is 23.0 Å². The lowest BCUT2D eigenvalue weighted by Gasteiger charge is -2.15. The molecule has 0 saturated heterocycles. The van der Waals surface area contributed by atoms with Gasteiger partial charge in [-0.1, -0.05) is 0 Å². The Morgan fingerprint density at radius 3 is 2.15 bits per heavy atom. The van der Waals surface area contributed by atoms with Gasteiger partial charge in [-0.05, 0) is 24.6 Å². The standard InChI is InChI=1S/C43H48F2N4O15S/c1-24(20-47-33(51)11-15-61-16-12-46-34(52)23-49-36(54)6-7-37(49)55)64-39(58)10-5-28(50)32-18-26-31(65-32)19-30(60-3)43(40(26)44)63-14-4-13-62-42-29(59-2)17-25-21-48(22-27(25)41(42)45)35(53)8-9-38(56)57/h6-7,17-19,24H,4-5,8-16,20-23H2,1-3H3,(H,46,52)(H,47,51)(H,56,57)/t24-/m0/s1. The molecule has 0 spiro atoms. The Morgan fingerprint density at radius 1 is 0.800 bits per heavy atom. The molecule has 3 aromatic rings. The Kier molecular flexibility index (Phi) is 17.7. The zero-order valence-corrected chi connectivity index (χ0v) is 36.6. The summed E-state index contributed by atoms with van der Waals surface area (Å²) < 4.78 is 64.6. The van der Waals surface area contributed by atoms with Gasteiger partial charge < -0.3 is 49.1 Å². The van der Waals surface area contributed by atoms with E-state index in [2.05, 4.69) is 10.6 Å². The maximum Gasteiger partial charge on any atom is 0.306 e. The summed E-state index contributed by atoms with van der Waals surface area (Å²) in [7, 11) is 2.66. The first-order valence-electron chi connectivity index (χ1n) is 20.4. The van der Waals surface area contributed by atoms with Crippen molar-refractivity contribution in [2.24, 2.45) is 0 Å². The average molecular weight is 931 g/mol. The van der Waals surface area contributed by atoms with Crippen molar-refractivity contribution in [3.63, 3.8) is 0 Å². The lowest BCUT2D eigenvalue weighted by atomic mass is 10.1. The van der Waals surface area contributed by atoms with Crippen LogP contribution in [0.15, 0.2) is 30.4 Å². The summed E-state index contributed by atoms with van der Waals surface area (Å²) in [6, 6.07) is 4.45. The first kappa shape index (κ1) is 49.3. The number of benzene rings is 2. The third-order valence-electron chi connectivity index (χ3n) is 9.90. The molecule has 22 heteroatoms. The van der Waals surface area contributed by atoms with Gasteiger partial charge in [0.25, 0.3) is 11.8 Å². The van der Waals surface area contributed by atoms with Gasteiger partial charge in [-0.3, -0.25) is 43.3 Å². The fourth-order valence-corrected chi connectivity index (χ4v) is 7.61. The minimum absolute atomic E-state index is 0.00288. The van der Waals surface area contributed by atoms with E-state index >= 15 is 8.78 Å². The molecule has 3 heterocycles. The van der Waals surface area contributed by atoms with Crippen molar-refractivity contribution < 1.29 is 80.7 Å². The second-order valence-corrected chi connectivity index (χ2v) is 15.7. The Morgan fingerprint density at radius 2 is 1.48 bits per heavy atom. The fraction of sp³-hybridized carbons (Fsp3) is 0.442. The third-order valence-corrected chi connectivity index (χ3v) is 11.0. The monoisotopic (exact) mass is 930 g/mol. The van der Waals surface area contributed by atoms with E-state index in [1.807, 2.05) is 0 Å². The quantitative estimate of drug-likeness (QED) is 0.0453. The number of halogens is 2. The number of nitrogens with zero attached hydrogens (tertiary/aromatic N) is 2. The predicted molar refractivity (Wildman–Crippen MR) is 224 cm³/mol. The molecular formula is C43H48F2N4O15S. The minimum atomic E-state index is -1.11. The molecule has 1 atom stereocenters. The van der Waals surface area contributed by atoms with Crippen molar-refractivity contribution in [1.82, 2.24) is 20.4 Å². The van der Waals surface area contributed by atoms with Gasteiger partial charge in [0.15, 0.2) is 40.4 Å². The van der Waals surface area contributed by atoms with Gasteiger partial charge in [0, 0.05) is 79.2 Å².